The van der Waals surface area contributed by atoms with Gasteiger partial charge in [0.2, 0.25) is 0 Å². The predicted octanol–water partition coefficient (Wildman–Crippen LogP) is 0.702. The van der Waals surface area contributed by atoms with Crippen LogP contribution < -0.4 is 5.32 Å². The van der Waals surface area contributed by atoms with Crippen molar-refractivity contribution in [1.29, 1.82) is 0 Å². The molecule has 0 bridgehead atoms. The summed E-state index contributed by atoms with van der Waals surface area (Å²) in [6.07, 6.45) is 2.42. The maximum Gasteiger partial charge on any atom is 0.300 e. The molecule has 10 heteroatoms. The smallest absolute Gasteiger partial charge is 0.300 e. The molecule has 2 aromatic rings. The van der Waals surface area contributed by atoms with Crippen LogP contribution in [0.2, 0.25) is 5.15 Å². The monoisotopic (exact) mass is 296 g/mol. The molecule has 2 heterocycles. The summed E-state index contributed by atoms with van der Waals surface area (Å²) in [7, 11) is 1.72. The van der Waals surface area contributed by atoms with E-state index in [1.54, 1.807) is 11.6 Å². The average molecular weight is 297 g/mol. The SMILES string of the molecule is Cn1cnnc1CNC(=O)c1cc(Cl)ncc1[N+](=O)[O-]. The van der Waals surface area contributed by atoms with Crippen molar-refractivity contribution in [2.24, 2.45) is 7.05 Å². The molecule has 0 spiro atoms. The summed E-state index contributed by atoms with van der Waals surface area (Å²) >= 11 is 5.65. The molecule has 2 rings (SSSR count). The van der Waals surface area contributed by atoms with E-state index in [0.29, 0.717) is 5.82 Å². The fraction of sp³-hybridized carbons (Fsp3) is 0.200. The minimum atomic E-state index is -0.694. The van der Waals surface area contributed by atoms with Crippen molar-refractivity contribution >= 4 is 23.2 Å². The number of hydrogen-bond donors (Lipinski definition) is 1. The van der Waals surface area contributed by atoms with Gasteiger partial charge in [-0.2, -0.15) is 0 Å². The Labute approximate surface area is 117 Å². The number of carbonyl (C=O) groups is 1. The fourth-order valence-corrected chi connectivity index (χ4v) is 1.63. The first-order valence-corrected chi connectivity index (χ1v) is 5.78. The predicted molar refractivity (Wildman–Crippen MR) is 68.1 cm³/mol. The van der Waals surface area contributed by atoms with Crippen LogP contribution >= 0.6 is 11.6 Å². The lowest BCUT2D eigenvalue weighted by molar-refractivity contribution is -0.385. The molecule has 0 aliphatic heterocycles. The lowest BCUT2D eigenvalue weighted by Gasteiger charge is -2.05. The third kappa shape index (κ3) is 2.88. The van der Waals surface area contributed by atoms with Crippen LogP contribution in [0.3, 0.4) is 0 Å². The number of nitro groups is 1. The van der Waals surface area contributed by atoms with Gasteiger partial charge in [0.1, 0.15) is 23.2 Å². The standard InChI is InChI=1S/C10H9ClN6O3/c1-16-5-14-15-9(16)4-13-10(18)6-2-8(11)12-3-7(6)17(19)20/h2-3,5H,4H2,1H3,(H,13,18). The molecular formula is C10H9ClN6O3. The third-order valence-electron chi connectivity index (χ3n) is 2.50. The van der Waals surface area contributed by atoms with Gasteiger partial charge >= 0.3 is 0 Å². The molecule has 0 fully saturated rings. The van der Waals surface area contributed by atoms with E-state index < -0.39 is 16.5 Å². The van der Waals surface area contributed by atoms with Crippen LogP contribution in [0, 0.1) is 10.1 Å². The second kappa shape index (κ2) is 5.61. The summed E-state index contributed by atoms with van der Waals surface area (Å²) in [5.41, 5.74) is -0.568. The highest BCUT2D eigenvalue weighted by atomic mass is 35.5. The van der Waals surface area contributed by atoms with Crippen LogP contribution in [0.1, 0.15) is 16.2 Å². The van der Waals surface area contributed by atoms with Gasteiger partial charge in [-0.15, -0.1) is 10.2 Å². The topological polar surface area (TPSA) is 116 Å². The first kappa shape index (κ1) is 13.9. The number of amides is 1. The minimum absolute atomic E-state index is 0.000548. The van der Waals surface area contributed by atoms with E-state index >= 15 is 0 Å². The fourth-order valence-electron chi connectivity index (χ4n) is 1.47. The van der Waals surface area contributed by atoms with Crippen molar-refractivity contribution in [3.63, 3.8) is 0 Å². The summed E-state index contributed by atoms with van der Waals surface area (Å²) in [5, 5.41) is 20.8. The minimum Gasteiger partial charge on any atom is -0.345 e. The number of hydrogen-bond acceptors (Lipinski definition) is 6. The summed E-state index contributed by atoms with van der Waals surface area (Å²) in [6, 6.07) is 1.14. The Kier molecular flexibility index (Phi) is 3.89. The number of rotatable bonds is 4. The van der Waals surface area contributed by atoms with Crippen molar-refractivity contribution in [2.45, 2.75) is 6.54 Å². The van der Waals surface area contributed by atoms with Crippen LogP contribution in [0.5, 0.6) is 0 Å². The van der Waals surface area contributed by atoms with Crippen molar-refractivity contribution in [3.8, 4) is 0 Å². The first-order chi connectivity index (χ1) is 9.49. The van der Waals surface area contributed by atoms with Gasteiger partial charge in [0, 0.05) is 7.05 Å². The maximum absolute atomic E-state index is 12.0. The number of carbonyl (C=O) groups excluding carboxylic acids is 1. The summed E-state index contributed by atoms with van der Waals surface area (Å²) < 4.78 is 1.62. The van der Waals surface area contributed by atoms with Gasteiger partial charge in [0.15, 0.2) is 5.82 Å². The average Bonchev–Trinajstić information content (AvgIpc) is 2.81. The lowest BCUT2D eigenvalue weighted by atomic mass is 10.2. The zero-order valence-electron chi connectivity index (χ0n) is 10.3. The molecule has 0 aliphatic rings. The summed E-state index contributed by atoms with van der Waals surface area (Å²) in [5.74, 6) is -0.120. The number of nitrogens with zero attached hydrogens (tertiary/aromatic N) is 5. The number of aromatic nitrogens is 4. The summed E-state index contributed by atoms with van der Waals surface area (Å²) in [4.78, 5) is 25.7. The highest BCUT2D eigenvalue weighted by Crippen LogP contribution is 2.20. The Balaban J connectivity index is 2.19. The Morgan fingerprint density at radius 3 is 2.95 bits per heavy atom. The molecule has 0 aromatic carbocycles. The van der Waals surface area contributed by atoms with E-state index in [4.69, 9.17) is 11.6 Å². The second-order valence-electron chi connectivity index (χ2n) is 3.82. The molecule has 0 atom stereocenters. The zero-order chi connectivity index (χ0) is 14.7. The van der Waals surface area contributed by atoms with E-state index in [1.807, 2.05) is 0 Å². The summed E-state index contributed by atoms with van der Waals surface area (Å²) in [6.45, 7) is 0.0897. The molecular weight excluding hydrogens is 288 g/mol. The molecule has 1 amide bonds. The zero-order valence-corrected chi connectivity index (χ0v) is 11.0. The van der Waals surface area contributed by atoms with Crippen LogP contribution in [0.4, 0.5) is 5.69 Å². The van der Waals surface area contributed by atoms with Crippen molar-refractivity contribution in [1.82, 2.24) is 25.1 Å². The quantitative estimate of drug-likeness (QED) is 0.504. The molecule has 20 heavy (non-hydrogen) atoms. The Morgan fingerprint density at radius 2 is 2.35 bits per heavy atom. The van der Waals surface area contributed by atoms with Crippen molar-refractivity contribution in [2.75, 3.05) is 0 Å². The molecule has 0 aliphatic carbocycles. The van der Waals surface area contributed by atoms with Gasteiger partial charge < -0.3 is 9.88 Å². The second-order valence-corrected chi connectivity index (χ2v) is 4.21. The Hall–Kier alpha value is -2.55. The number of aryl methyl sites for hydroxylation is 1. The van der Waals surface area contributed by atoms with E-state index in [1.165, 1.54) is 6.33 Å². The molecule has 0 saturated heterocycles. The van der Waals surface area contributed by atoms with E-state index in [9.17, 15) is 14.9 Å². The van der Waals surface area contributed by atoms with Crippen LogP contribution in [0.15, 0.2) is 18.6 Å². The van der Waals surface area contributed by atoms with E-state index in [-0.39, 0.29) is 17.3 Å². The van der Waals surface area contributed by atoms with Crippen LogP contribution in [-0.4, -0.2) is 30.6 Å². The van der Waals surface area contributed by atoms with Crippen LogP contribution in [-0.2, 0) is 13.6 Å². The van der Waals surface area contributed by atoms with Gasteiger partial charge in [-0.25, -0.2) is 4.98 Å². The molecule has 104 valence electrons. The van der Waals surface area contributed by atoms with Gasteiger partial charge in [-0.3, -0.25) is 14.9 Å². The van der Waals surface area contributed by atoms with Crippen molar-refractivity contribution < 1.29 is 9.72 Å². The van der Waals surface area contributed by atoms with Gasteiger partial charge in [-0.05, 0) is 6.07 Å². The largest absolute Gasteiger partial charge is 0.345 e. The van der Waals surface area contributed by atoms with Crippen LogP contribution in [0.25, 0.3) is 0 Å². The van der Waals surface area contributed by atoms with E-state index in [2.05, 4.69) is 20.5 Å². The van der Waals surface area contributed by atoms with E-state index in [0.717, 1.165) is 12.3 Å². The normalized spacial score (nSPS) is 10.3. The van der Waals surface area contributed by atoms with Gasteiger partial charge in [0.05, 0.1) is 11.5 Å². The number of nitrogens with one attached hydrogen (secondary N) is 1. The number of pyridine rings is 1. The molecule has 9 nitrogen and oxygen atoms in total. The van der Waals surface area contributed by atoms with Gasteiger partial charge in [0.25, 0.3) is 11.6 Å². The lowest BCUT2D eigenvalue weighted by Crippen LogP contribution is -2.25. The molecule has 1 N–H and O–H groups in total. The first-order valence-electron chi connectivity index (χ1n) is 5.40. The molecule has 0 saturated carbocycles. The number of halogens is 1. The molecule has 0 unspecified atom stereocenters. The van der Waals surface area contributed by atoms with Crippen molar-refractivity contribution in [3.05, 3.63) is 45.2 Å². The molecule has 2 aromatic heterocycles. The Morgan fingerprint density at radius 1 is 1.60 bits per heavy atom. The highest BCUT2D eigenvalue weighted by molar-refractivity contribution is 6.29. The van der Waals surface area contributed by atoms with Gasteiger partial charge in [-0.1, -0.05) is 11.6 Å². The Bertz CT molecular complexity index is 671. The highest BCUT2D eigenvalue weighted by Gasteiger charge is 2.21. The third-order valence-corrected chi connectivity index (χ3v) is 2.71. The maximum atomic E-state index is 12.0. The molecule has 0 radical (unpaired) electrons.